The molecule has 0 atom stereocenters. The first-order chi connectivity index (χ1) is 27.0. The molecule has 0 aliphatic carbocycles. The van der Waals surface area contributed by atoms with Crippen LogP contribution >= 0.6 is 11.6 Å². The number of esters is 1. The highest BCUT2D eigenvalue weighted by Gasteiger charge is 2.24. The number of unbranched alkanes of at least 4 members (excludes halogenated alkanes) is 1. The Hall–Kier alpha value is -6.23. The summed E-state index contributed by atoms with van der Waals surface area (Å²) in [6.45, 7) is 4.34. The number of nitrogens with zero attached hydrogens (tertiary/aromatic N) is 6. The normalized spacial score (nSPS) is 11.6. The monoisotopic (exact) mass is 806 g/mol. The Morgan fingerprint density at radius 3 is 2.46 bits per heavy atom. The Balaban J connectivity index is 1.52. The number of aryl methyl sites for hydroxylation is 2. The largest absolute Gasteiger partial charge is 0.469 e. The van der Waals surface area contributed by atoms with Crippen molar-refractivity contribution in [1.82, 2.24) is 34.2 Å². The van der Waals surface area contributed by atoms with Crippen LogP contribution in [0.2, 0.25) is 5.02 Å². The number of hydrogen-bond donors (Lipinski definition) is 2. The van der Waals surface area contributed by atoms with Gasteiger partial charge in [-0.05, 0) is 69.4 Å². The van der Waals surface area contributed by atoms with Crippen LogP contribution in [-0.2, 0) is 40.8 Å². The Kier molecular flexibility index (Phi) is 11.7. The van der Waals surface area contributed by atoms with Crippen LogP contribution in [-0.4, -0.2) is 53.7 Å². The first-order valence-electron chi connectivity index (χ1n) is 17.7. The molecule has 3 heterocycles. The van der Waals surface area contributed by atoms with E-state index in [1.165, 1.54) is 24.1 Å². The van der Waals surface area contributed by atoms with E-state index in [2.05, 4.69) is 25.7 Å². The van der Waals surface area contributed by atoms with E-state index in [1.807, 2.05) is 6.07 Å². The number of carbonyl (C=O) groups excluding carboxylic acids is 2. The fourth-order valence-corrected chi connectivity index (χ4v) is 6.66. The maximum absolute atomic E-state index is 14.7. The number of pyridine rings is 1. The number of alkyl carbamates (subject to hydrolysis) is 1. The molecule has 18 heteroatoms. The van der Waals surface area contributed by atoms with Gasteiger partial charge in [-0.25, -0.2) is 32.1 Å². The van der Waals surface area contributed by atoms with Gasteiger partial charge in [-0.15, -0.1) is 0 Å². The van der Waals surface area contributed by atoms with E-state index in [4.69, 9.17) is 21.1 Å². The van der Waals surface area contributed by atoms with Crippen molar-refractivity contribution in [3.63, 3.8) is 0 Å². The molecule has 6 rings (SSSR count). The molecular formula is C39H38ClF3N8O6. The van der Waals surface area contributed by atoms with Crippen LogP contribution in [0.25, 0.3) is 27.4 Å². The lowest BCUT2D eigenvalue weighted by Gasteiger charge is -2.21. The van der Waals surface area contributed by atoms with E-state index in [-0.39, 0.29) is 40.9 Å². The first kappa shape index (κ1) is 40.4. The molecule has 0 bridgehead atoms. The van der Waals surface area contributed by atoms with Crippen molar-refractivity contribution in [3.8, 4) is 5.69 Å². The highest BCUT2D eigenvalue weighted by atomic mass is 35.5. The van der Waals surface area contributed by atoms with Gasteiger partial charge in [0.15, 0.2) is 17.5 Å². The molecule has 298 valence electrons. The van der Waals surface area contributed by atoms with E-state index in [9.17, 15) is 32.3 Å². The van der Waals surface area contributed by atoms with Gasteiger partial charge in [0.2, 0.25) is 5.95 Å². The van der Waals surface area contributed by atoms with E-state index in [1.54, 1.807) is 52.3 Å². The minimum Gasteiger partial charge on any atom is -0.469 e. The van der Waals surface area contributed by atoms with Gasteiger partial charge in [0.1, 0.15) is 5.60 Å². The van der Waals surface area contributed by atoms with Crippen molar-refractivity contribution >= 4 is 57.0 Å². The van der Waals surface area contributed by atoms with Gasteiger partial charge < -0.3 is 20.1 Å². The Bertz CT molecular complexity index is 2630. The number of carbonyl (C=O) groups is 2. The fraction of sp³-hybridized carbons (Fsp3) is 0.308. The molecule has 0 aliphatic heterocycles. The van der Waals surface area contributed by atoms with Crippen LogP contribution in [0.15, 0.2) is 64.6 Å². The zero-order chi connectivity index (χ0) is 41.2. The summed E-state index contributed by atoms with van der Waals surface area (Å²) in [5, 5.41) is 11.8. The van der Waals surface area contributed by atoms with Gasteiger partial charge >= 0.3 is 23.4 Å². The highest BCUT2D eigenvalue weighted by Crippen LogP contribution is 2.35. The number of aromatic nitrogens is 6. The average Bonchev–Trinajstić information content (AvgIpc) is 3.52. The molecule has 1 amide bonds. The minimum absolute atomic E-state index is 0.0566. The number of methoxy groups -OCH3 is 1. The summed E-state index contributed by atoms with van der Waals surface area (Å²) in [5.41, 5.74) is -1.26. The van der Waals surface area contributed by atoms with Gasteiger partial charge in [0.25, 0.3) is 0 Å². The van der Waals surface area contributed by atoms with Crippen molar-refractivity contribution in [3.05, 3.63) is 115 Å². The molecule has 2 N–H and O–H groups in total. The third-order valence-electron chi connectivity index (χ3n) is 8.88. The van der Waals surface area contributed by atoms with E-state index >= 15 is 0 Å². The number of halogens is 4. The van der Waals surface area contributed by atoms with Crippen molar-refractivity contribution in [2.45, 2.75) is 65.1 Å². The summed E-state index contributed by atoms with van der Waals surface area (Å²) in [5.74, 6) is -5.44. The number of benzene rings is 3. The predicted octanol–water partition coefficient (Wildman–Crippen LogP) is 6.60. The lowest BCUT2D eigenvalue weighted by atomic mass is 9.99. The van der Waals surface area contributed by atoms with Crippen molar-refractivity contribution in [2.24, 2.45) is 7.05 Å². The summed E-state index contributed by atoms with van der Waals surface area (Å²) in [6.07, 6.45) is 5.59. The molecular weight excluding hydrogens is 769 g/mol. The SMILES string of the molecule is COC(=O)CCCCc1cccc2cncc(-n3c(=O)nc(Nc4c(Cl)cc5nn(C)cc5c4CNC(=O)OC(C)(C)C)n(Cc4cc(F)c(F)c(F)c4)c3=O)c12. The standard InChI is InChI=1S/C39H38ClF3N8O6/c1-39(2,3)57-37(54)45-17-24-25-20-49(4)48-29(25)15-26(40)34(24)46-35-47-36(53)51(38(55)50(35)19-21-13-27(41)33(43)28(42)14-21)30-18-44-16-23-11-8-10-22(32(23)30)9-6-7-12-31(52)56-5/h8,10-11,13-16,18,20H,6-7,9,12,17,19H2,1-5H3,(H,45,54)(H,46,47,53). The summed E-state index contributed by atoms with van der Waals surface area (Å²) >= 11 is 6.80. The molecule has 6 aromatic rings. The van der Waals surface area contributed by atoms with Gasteiger partial charge in [0.05, 0.1) is 41.8 Å². The number of hydrogen-bond acceptors (Lipinski definition) is 10. The number of ether oxygens (including phenoxy) is 2. The van der Waals surface area contributed by atoms with Gasteiger partial charge in [-0.2, -0.15) is 10.1 Å². The summed E-state index contributed by atoms with van der Waals surface area (Å²) in [7, 11) is 2.99. The smallest absolute Gasteiger partial charge is 0.407 e. The quantitative estimate of drug-likeness (QED) is 0.0782. The van der Waals surface area contributed by atoms with E-state index in [0.717, 1.165) is 26.8 Å². The summed E-state index contributed by atoms with van der Waals surface area (Å²) in [6, 6.07) is 8.35. The molecule has 3 aromatic heterocycles. The first-order valence-corrected chi connectivity index (χ1v) is 18.1. The second kappa shape index (κ2) is 16.5. The lowest BCUT2D eigenvalue weighted by Crippen LogP contribution is -2.42. The number of nitrogens with one attached hydrogen (secondary N) is 2. The Morgan fingerprint density at radius 2 is 1.75 bits per heavy atom. The Morgan fingerprint density at radius 1 is 1.02 bits per heavy atom. The topological polar surface area (TPSA) is 164 Å². The van der Waals surface area contributed by atoms with Crippen molar-refractivity contribution in [2.75, 3.05) is 12.4 Å². The summed E-state index contributed by atoms with van der Waals surface area (Å²) in [4.78, 5) is 61.7. The second-order valence-electron chi connectivity index (χ2n) is 14.2. The number of amides is 1. The van der Waals surface area contributed by atoms with Crippen LogP contribution in [0, 0.1) is 17.5 Å². The van der Waals surface area contributed by atoms with E-state index in [0.29, 0.717) is 46.5 Å². The Labute approximate surface area is 328 Å². The number of anilines is 2. The lowest BCUT2D eigenvalue weighted by molar-refractivity contribution is -0.140. The number of fused-ring (bicyclic) bond motifs is 2. The average molecular weight is 807 g/mol. The molecule has 0 radical (unpaired) electrons. The second-order valence-corrected chi connectivity index (χ2v) is 14.6. The molecule has 0 aliphatic rings. The highest BCUT2D eigenvalue weighted by molar-refractivity contribution is 6.34. The molecule has 0 unspecified atom stereocenters. The zero-order valence-electron chi connectivity index (χ0n) is 31.6. The van der Waals surface area contributed by atoms with Crippen molar-refractivity contribution in [1.29, 1.82) is 0 Å². The molecule has 0 spiro atoms. The van der Waals surface area contributed by atoms with Crippen LogP contribution in [0.4, 0.5) is 29.6 Å². The van der Waals surface area contributed by atoms with Gasteiger partial charge in [-0.1, -0.05) is 29.8 Å². The van der Waals surface area contributed by atoms with Crippen LogP contribution in [0.1, 0.15) is 56.7 Å². The molecule has 0 saturated heterocycles. The third-order valence-corrected chi connectivity index (χ3v) is 9.18. The van der Waals surface area contributed by atoms with Crippen molar-refractivity contribution < 1.29 is 32.2 Å². The fourth-order valence-electron chi connectivity index (χ4n) is 6.40. The molecule has 0 saturated carbocycles. The van der Waals surface area contributed by atoms with E-state index < -0.39 is 53.0 Å². The summed E-state index contributed by atoms with van der Waals surface area (Å²) < 4.78 is 56.5. The third kappa shape index (κ3) is 8.93. The van der Waals surface area contributed by atoms with Crippen LogP contribution in [0.3, 0.4) is 0 Å². The predicted molar refractivity (Wildman–Crippen MR) is 206 cm³/mol. The molecule has 57 heavy (non-hydrogen) atoms. The van der Waals surface area contributed by atoms with Crippen LogP contribution < -0.4 is 22.0 Å². The van der Waals surface area contributed by atoms with Gasteiger partial charge in [0, 0.05) is 54.1 Å². The maximum atomic E-state index is 14.7. The molecule has 0 fully saturated rings. The zero-order valence-corrected chi connectivity index (χ0v) is 32.3. The van der Waals surface area contributed by atoms with Gasteiger partial charge in [-0.3, -0.25) is 19.0 Å². The molecule has 3 aromatic carbocycles. The number of rotatable bonds is 12. The maximum Gasteiger partial charge on any atom is 0.407 e. The van der Waals surface area contributed by atoms with Crippen LogP contribution in [0.5, 0.6) is 0 Å². The minimum atomic E-state index is -1.70. The molecule has 14 nitrogen and oxygen atoms in total.